The fourth-order valence-corrected chi connectivity index (χ4v) is 2.09. The van der Waals surface area contributed by atoms with E-state index in [1.807, 2.05) is 0 Å². The number of nitrogens with zero attached hydrogens (tertiary/aromatic N) is 1. The molecule has 0 aromatic heterocycles. The maximum absolute atomic E-state index is 10.9. The van der Waals surface area contributed by atoms with Gasteiger partial charge in [-0.15, -0.1) is 0 Å². The Balaban J connectivity index is 2.99. The number of aliphatic carboxylic acids is 1. The molecule has 23 heavy (non-hydrogen) atoms. The predicted octanol–water partition coefficient (Wildman–Crippen LogP) is -0.344. The van der Waals surface area contributed by atoms with Crippen molar-refractivity contribution in [2.45, 2.75) is 13.8 Å². The summed E-state index contributed by atoms with van der Waals surface area (Å²) in [5.74, 6) is -0.439. The number of likely N-dealkylation sites (N-methyl/N-ethyl adjacent to an activating group) is 1. The van der Waals surface area contributed by atoms with Crippen LogP contribution in [0.4, 0.5) is 0 Å². The Bertz CT molecular complexity index is 601. The van der Waals surface area contributed by atoms with Crippen LogP contribution in [0.1, 0.15) is 19.4 Å². The van der Waals surface area contributed by atoms with Crippen molar-refractivity contribution in [3.8, 4) is 17.6 Å². The maximum atomic E-state index is 10.9. The molecule has 0 radical (unpaired) electrons. The topological polar surface area (TPSA) is 86.8 Å². The molecule has 0 heterocycles. The van der Waals surface area contributed by atoms with Crippen molar-refractivity contribution in [1.29, 1.82) is 5.26 Å². The first-order valence-corrected chi connectivity index (χ1v) is 7.53. The molecule has 0 aliphatic rings. The summed E-state index contributed by atoms with van der Waals surface area (Å²) in [6.45, 7) is 7.55. The van der Waals surface area contributed by atoms with Gasteiger partial charge in [0.1, 0.15) is 30.7 Å². The van der Waals surface area contributed by atoms with E-state index in [0.29, 0.717) is 23.7 Å². The van der Waals surface area contributed by atoms with Gasteiger partial charge in [-0.2, -0.15) is 5.26 Å². The number of carbonyl (C=O) groups is 1. The molecule has 1 aromatic rings. The lowest BCUT2D eigenvalue weighted by molar-refractivity contribution is -0.896. The molecule has 0 atom stereocenters. The third kappa shape index (κ3) is 5.64. The van der Waals surface area contributed by atoms with E-state index in [1.165, 1.54) is 18.1 Å². The highest BCUT2D eigenvalue weighted by Crippen LogP contribution is 2.26. The number of methoxy groups -OCH3 is 1. The van der Waals surface area contributed by atoms with Crippen LogP contribution in [0.3, 0.4) is 0 Å². The van der Waals surface area contributed by atoms with Gasteiger partial charge in [0.05, 0.1) is 31.7 Å². The average Bonchev–Trinajstić information content (AvgIpc) is 2.56. The van der Waals surface area contributed by atoms with Gasteiger partial charge < -0.3 is 24.3 Å². The molecule has 0 spiro atoms. The number of carboxylic acid groups (broad SMARTS) is 1. The van der Waals surface area contributed by atoms with Gasteiger partial charge in [0.15, 0.2) is 0 Å². The van der Waals surface area contributed by atoms with Crippen molar-refractivity contribution in [3.63, 3.8) is 0 Å². The van der Waals surface area contributed by atoms with Crippen LogP contribution < -0.4 is 19.5 Å². The summed E-state index contributed by atoms with van der Waals surface area (Å²) in [4.78, 5) is 12.3. The van der Waals surface area contributed by atoms with Crippen LogP contribution in [-0.4, -0.2) is 39.3 Å². The molecule has 6 heteroatoms. The fraction of sp³-hybridized carbons (Fsp3) is 0.412. The van der Waals surface area contributed by atoms with Gasteiger partial charge >= 0.3 is 0 Å². The van der Waals surface area contributed by atoms with Crippen molar-refractivity contribution >= 4 is 12.0 Å². The number of hydrogen-bond donors (Lipinski definition) is 1. The summed E-state index contributed by atoms with van der Waals surface area (Å²) in [6, 6.07) is 6.61. The highest BCUT2D eigenvalue weighted by atomic mass is 16.5. The van der Waals surface area contributed by atoms with Gasteiger partial charge in [0.2, 0.25) is 0 Å². The van der Waals surface area contributed by atoms with E-state index in [4.69, 9.17) is 14.7 Å². The predicted molar refractivity (Wildman–Crippen MR) is 84.0 cm³/mol. The van der Waals surface area contributed by atoms with Gasteiger partial charge in [-0.25, -0.2) is 0 Å². The number of benzene rings is 1. The van der Waals surface area contributed by atoms with Crippen LogP contribution in [0.5, 0.6) is 11.5 Å². The number of ether oxygens (including phenoxy) is 2. The number of quaternary nitrogens is 1. The first kappa shape index (κ1) is 18.5. The van der Waals surface area contributed by atoms with Crippen LogP contribution in [0.25, 0.3) is 6.08 Å². The number of carbonyl (C=O) groups excluding carboxylic acids is 1. The zero-order valence-corrected chi connectivity index (χ0v) is 13.7. The third-order valence-corrected chi connectivity index (χ3v) is 3.57. The molecule has 0 bridgehead atoms. The highest BCUT2D eigenvalue weighted by molar-refractivity contribution is 5.95. The molecule has 0 fully saturated rings. The second-order valence-corrected chi connectivity index (χ2v) is 4.92. The second-order valence-electron chi connectivity index (χ2n) is 4.92. The Hall–Kier alpha value is -2.52. The van der Waals surface area contributed by atoms with E-state index in [2.05, 4.69) is 13.8 Å². The number of hydrogen-bond acceptors (Lipinski definition) is 5. The van der Waals surface area contributed by atoms with E-state index in [1.54, 1.807) is 24.3 Å². The molecule has 124 valence electrons. The van der Waals surface area contributed by atoms with E-state index < -0.39 is 11.5 Å². The number of carboxylic acids is 1. The minimum Gasteiger partial charge on any atom is -0.544 e. The highest BCUT2D eigenvalue weighted by Gasteiger charge is 2.08. The number of nitrogens with one attached hydrogen (secondary N) is 1. The average molecular weight is 318 g/mol. The summed E-state index contributed by atoms with van der Waals surface area (Å²) in [5, 5.41) is 19.7. The normalized spacial score (nSPS) is 11.2. The van der Waals surface area contributed by atoms with Gasteiger partial charge in [-0.1, -0.05) is 0 Å². The lowest BCUT2D eigenvalue weighted by Gasteiger charge is -2.17. The van der Waals surface area contributed by atoms with Gasteiger partial charge in [-0.05, 0) is 32.1 Å². The van der Waals surface area contributed by atoms with E-state index in [0.717, 1.165) is 19.6 Å². The molecule has 0 aliphatic carbocycles. The Kier molecular flexibility index (Phi) is 7.64. The monoisotopic (exact) mass is 318 g/mol. The molecule has 1 N–H and O–H groups in total. The van der Waals surface area contributed by atoms with Gasteiger partial charge in [0, 0.05) is 11.6 Å². The minimum atomic E-state index is -1.51. The summed E-state index contributed by atoms with van der Waals surface area (Å²) in [5.41, 5.74) is 0.0514. The summed E-state index contributed by atoms with van der Waals surface area (Å²) < 4.78 is 10.9. The quantitative estimate of drug-likeness (QED) is 0.497. The molecule has 0 amide bonds. The number of nitriles is 1. The molecular weight excluding hydrogens is 296 g/mol. The van der Waals surface area contributed by atoms with Gasteiger partial charge in [-0.3, -0.25) is 0 Å². The van der Waals surface area contributed by atoms with E-state index in [-0.39, 0.29) is 0 Å². The molecule has 1 rings (SSSR count). The van der Waals surface area contributed by atoms with E-state index >= 15 is 0 Å². The van der Waals surface area contributed by atoms with E-state index in [9.17, 15) is 9.90 Å². The van der Waals surface area contributed by atoms with Crippen molar-refractivity contribution in [1.82, 2.24) is 0 Å². The van der Waals surface area contributed by atoms with Crippen LogP contribution in [0.15, 0.2) is 23.8 Å². The van der Waals surface area contributed by atoms with Crippen molar-refractivity contribution < 1.29 is 24.3 Å². The zero-order valence-electron chi connectivity index (χ0n) is 13.7. The maximum Gasteiger partial charge on any atom is 0.137 e. The molecule has 0 aliphatic heterocycles. The summed E-state index contributed by atoms with van der Waals surface area (Å²) in [7, 11) is 1.54. The molecule has 1 aromatic carbocycles. The lowest BCUT2D eigenvalue weighted by atomic mass is 10.1. The summed E-state index contributed by atoms with van der Waals surface area (Å²) >= 11 is 0. The molecule has 6 nitrogen and oxygen atoms in total. The van der Waals surface area contributed by atoms with Crippen molar-refractivity contribution in [3.05, 3.63) is 29.3 Å². The van der Waals surface area contributed by atoms with Crippen LogP contribution in [-0.2, 0) is 4.79 Å². The zero-order chi connectivity index (χ0) is 17.2. The molecule has 0 saturated carbocycles. The molecule has 0 unspecified atom stereocenters. The van der Waals surface area contributed by atoms with Crippen LogP contribution >= 0.6 is 0 Å². The third-order valence-electron chi connectivity index (χ3n) is 3.57. The molecular formula is C17H22N2O4. The summed E-state index contributed by atoms with van der Waals surface area (Å²) in [6.07, 6.45) is 1.24. The SMILES string of the molecule is CC[NH+](CC)CCOc1cc(OC)ccc1/C=C(\C#N)C(=O)[O-]. The fourth-order valence-electron chi connectivity index (χ4n) is 2.09. The van der Waals surface area contributed by atoms with Crippen LogP contribution in [0.2, 0.25) is 0 Å². The Morgan fingerprint density at radius 1 is 1.39 bits per heavy atom. The lowest BCUT2D eigenvalue weighted by Crippen LogP contribution is -3.12. The second kappa shape index (κ2) is 9.49. The Morgan fingerprint density at radius 3 is 2.61 bits per heavy atom. The Labute approximate surface area is 136 Å². The van der Waals surface area contributed by atoms with Crippen molar-refractivity contribution in [2.24, 2.45) is 0 Å². The van der Waals surface area contributed by atoms with Crippen LogP contribution in [0, 0.1) is 11.3 Å². The first-order valence-electron chi connectivity index (χ1n) is 7.53. The number of rotatable bonds is 9. The largest absolute Gasteiger partial charge is 0.544 e. The van der Waals surface area contributed by atoms with Gasteiger partial charge in [0.25, 0.3) is 0 Å². The standard InChI is InChI=1S/C17H22N2O4/c1-4-19(5-2)8-9-23-16-11-15(22-3)7-6-13(16)10-14(12-18)17(20)21/h6-7,10-11H,4-5,8-9H2,1-3H3,(H,20,21)/b14-10+. The Morgan fingerprint density at radius 2 is 2.09 bits per heavy atom. The van der Waals surface area contributed by atoms with Crippen molar-refractivity contribution in [2.75, 3.05) is 33.4 Å². The minimum absolute atomic E-state index is 0.450. The molecule has 0 saturated heterocycles. The smallest absolute Gasteiger partial charge is 0.137 e. The first-order chi connectivity index (χ1) is 11.0.